The Morgan fingerprint density at radius 1 is 1.32 bits per heavy atom. The second-order valence-corrected chi connectivity index (χ2v) is 6.61. The lowest BCUT2D eigenvalue weighted by Crippen LogP contribution is -2.20. The molecule has 0 amide bonds. The molecule has 1 aliphatic carbocycles. The van der Waals surface area contributed by atoms with Crippen LogP contribution in [0.2, 0.25) is 0 Å². The van der Waals surface area contributed by atoms with Gasteiger partial charge in [-0.3, -0.25) is 0 Å². The number of aromatic nitrogens is 2. The standard InChI is InChI=1S/C14H19N3OS/c1-9-2-7-12(19-9)13-16-14(18-17-13)11-5-3-10(8-15)4-6-11/h2,7,10-11H,3-6,8,15H2,1H3. The van der Waals surface area contributed by atoms with Crippen LogP contribution >= 0.6 is 11.3 Å². The highest BCUT2D eigenvalue weighted by Crippen LogP contribution is 2.35. The molecule has 2 heterocycles. The van der Waals surface area contributed by atoms with Crippen LogP contribution in [0.25, 0.3) is 10.7 Å². The molecule has 0 unspecified atom stereocenters. The summed E-state index contributed by atoms with van der Waals surface area (Å²) in [4.78, 5) is 6.92. The minimum absolute atomic E-state index is 0.421. The number of hydrogen-bond donors (Lipinski definition) is 1. The van der Waals surface area contributed by atoms with Gasteiger partial charge in [-0.25, -0.2) is 0 Å². The Balaban J connectivity index is 1.72. The van der Waals surface area contributed by atoms with Gasteiger partial charge in [0, 0.05) is 10.8 Å². The van der Waals surface area contributed by atoms with Crippen LogP contribution in [0.15, 0.2) is 16.7 Å². The molecule has 0 radical (unpaired) electrons. The summed E-state index contributed by atoms with van der Waals surface area (Å²) >= 11 is 1.70. The van der Waals surface area contributed by atoms with Gasteiger partial charge in [0.05, 0.1) is 4.88 Å². The maximum atomic E-state index is 5.72. The van der Waals surface area contributed by atoms with Crippen LogP contribution in [0.1, 0.15) is 42.4 Å². The van der Waals surface area contributed by atoms with E-state index in [9.17, 15) is 0 Å². The van der Waals surface area contributed by atoms with E-state index in [1.807, 2.05) is 0 Å². The van der Waals surface area contributed by atoms with Gasteiger partial charge in [-0.1, -0.05) is 5.16 Å². The molecule has 102 valence electrons. The molecule has 0 bridgehead atoms. The van der Waals surface area contributed by atoms with Crippen molar-refractivity contribution in [1.29, 1.82) is 0 Å². The van der Waals surface area contributed by atoms with Crippen LogP contribution in [-0.4, -0.2) is 16.7 Å². The fraction of sp³-hybridized carbons (Fsp3) is 0.571. The van der Waals surface area contributed by atoms with Crippen molar-refractivity contribution in [3.05, 3.63) is 22.9 Å². The van der Waals surface area contributed by atoms with Crippen molar-refractivity contribution in [2.24, 2.45) is 11.7 Å². The Hall–Kier alpha value is -1.20. The molecule has 5 heteroatoms. The van der Waals surface area contributed by atoms with E-state index in [0.717, 1.165) is 36.0 Å². The van der Waals surface area contributed by atoms with Crippen LogP contribution in [-0.2, 0) is 0 Å². The van der Waals surface area contributed by atoms with E-state index in [-0.39, 0.29) is 0 Å². The molecular formula is C14H19N3OS. The first-order chi connectivity index (χ1) is 9.26. The third-order valence-electron chi connectivity index (χ3n) is 3.93. The molecule has 0 spiro atoms. The normalized spacial score (nSPS) is 23.7. The number of thiophene rings is 1. The Labute approximate surface area is 117 Å². The summed E-state index contributed by atoms with van der Waals surface area (Å²) in [5.41, 5.74) is 5.72. The smallest absolute Gasteiger partial charge is 0.230 e. The van der Waals surface area contributed by atoms with E-state index < -0.39 is 0 Å². The maximum absolute atomic E-state index is 5.72. The van der Waals surface area contributed by atoms with Gasteiger partial charge in [-0.05, 0) is 57.2 Å². The van der Waals surface area contributed by atoms with Crippen molar-refractivity contribution < 1.29 is 4.52 Å². The van der Waals surface area contributed by atoms with Gasteiger partial charge >= 0.3 is 0 Å². The van der Waals surface area contributed by atoms with Crippen molar-refractivity contribution in [2.75, 3.05) is 6.54 Å². The fourth-order valence-corrected chi connectivity index (χ4v) is 3.49. The van der Waals surface area contributed by atoms with Gasteiger partial charge in [-0.2, -0.15) is 4.98 Å². The lowest BCUT2D eigenvalue weighted by molar-refractivity contribution is 0.275. The fourth-order valence-electron chi connectivity index (χ4n) is 2.70. The summed E-state index contributed by atoms with van der Waals surface area (Å²) in [5, 5.41) is 4.11. The summed E-state index contributed by atoms with van der Waals surface area (Å²) in [6.45, 7) is 2.89. The second kappa shape index (κ2) is 5.43. The number of rotatable bonds is 3. The van der Waals surface area contributed by atoms with Gasteiger partial charge in [-0.15, -0.1) is 11.3 Å². The Kier molecular flexibility index (Phi) is 3.66. The molecule has 0 aromatic carbocycles. The van der Waals surface area contributed by atoms with E-state index in [1.54, 1.807) is 11.3 Å². The predicted molar refractivity (Wildman–Crippen MR) is 76.1 cm³/mol. The zero-order valence-corrected chi connectivity index (χ0v) is 11.9. The molecule has 19 heavy (non-hydrogen) atoms. The molecule has 1 saturated carbocycles. The highest BCUT2D eigenvalue weighted by Gasteiger charge is 2.26. The van der Waals surface area contributed by atoms with Gasteiger partial charge in [0.1, 0.15) is 0 Å². The molecule has 2 N–H and O–H groups in total. The third-order valence-corrected chi connectivity index (χ3v) is 4.93. The predicted octanol–water partition coefficient (Wildman–Crippen LogP) is 3.34. The summed E-state index contributed by atoms with van der Waals surface area (Å²) in [7, 11) is 0. The van der Waals surface area contributed by atoms with Crippen LogP contribution in [0.5, 0.6) is 0 Å². The van der Waals surface area contributed by atoms with Crippen LogP contribution < -0.4 is 5.73 Å². The van der Waals surface area contributed by atoms with E-state index in [0.29, 0.717) is 11.8 Å². The number of nitrogens with two attached hydrogens (primary N) is 1. The van der Waals surface area contributed by atoms with Gasteiger partial charge in [0.25, 0.3) is 0 Å². The molecule has 1 aliphatic rings. The minimum atomic E-state index is 0.421. The first-order valence-corrected chi connectivity index (χ1v) is 7.68. The second-order valence-electron chi connectivity index (χ2n) is 5.32. The highest BCUT2D eigenvalue weighted by atomic mass is 32.1. The Bertz CT molecular complexity index is 540. The van der Waals surface area contributed by atoms with E-state index in [2.05, 4.69) is 29.2 Å². The van der Waals surface area contributed by atoms with Gasteiger partial charge < -0.3 is 10.3 Å². The quantitative estimate of drug-likeness (QED) is 0.934. The summed E-state index contributed by atoms with van der Waals surface area (Å²) in [5.74, 6) is 2.63. The molecule has 0 saturated heterocycles. The van der Waals surface area contributed by atoms with Crippen LogP contribution in [0, 0.1) is 12.8 Å². The minimum Gasteiger partial charge on any atom is -0.339 e. The average Bonchev–Trinajstić information content (AvgIpc) is 3.07. The summed E-state index contributed by atoms with van der Waals surface area (Å²) in [6.07, 6.45) is 4.59. The Morgan fingerprint density at radius 3 is 2.74 bits per heavy atom. The zero-order chi connectivity index (χ0) is 13.2. The Morgan fingerprint density at radius 2 is 2.11 bits per heavy atom. The molecule has 2 aromatic rings. The number of aryl methyl sites for hydroxylation is 1. The van der Waals surface area contributed by atoms with E-state index >= 15 is 0 Å². The molecular weight excluding hydrogens is 258 g/mol. The van der Waals surface area contributed by atoms with Gasteiger partial charge in [0.2, 0.25) is 11.7 Å². The molecule has 0 atom stereocenters. The lowest BCUT2D eigenvalue weighted by Gasteiger charge is -2.24. The molecule has 3 rings (SSSR count). The SMILES string of the molecule is Cc1ccc(-c2noc(C3CCC(CN)CC3)n2)s1. The maximum Gasteiger partial charge on any atom is 0.230 e. The summed E-state index contributed by atoms with van der Waals surface area (Å²) in [6, 6.07) is 4.14. The van der Waals surface area contributed by atoms with Crippen LogP contribution in [0.4, 0.5) is 0 Å². The van der Waals surface area contributed by atoms with Crippen LogP contribution in [0.3, 0.4) is 0 Å². The van der Waals surface area contributed by atoms with Crippen molar-refractivity contribution in [3.63, 3.8) is 0 Å². The summed E-state index contributed by atoms with van der Waals surface area (Å²) < 4.78 is 5.45. The largest absolute Gasteiger partial charge is 0.339 e. The number of hydrogen-bond acceptors (Lipinski definition) is 5. The zero-order valence-electron chi connectivity index (χ0n) is 11.1. The van der Waals surface area contributed by atoms with E-state index in [4.69, 9.17) is 10.3 Å². The van der Waals surface area contributed by atoms with Crippen molar-refractivity contribution >= 4 is 11.3 Å². The highest BCUT2D eigenvalue weighted by molar-refractivity contribution is 7.15. The van der Waals surface area contributed by atoms with Gasteiger partial charge in [0.15, 0.2) is 0 Å². The third kappa shape index (κ3) is 2.72. The first kappa shape index (κ1) is 12.8. The molecule has 1 fully saturated rings. The van der Waals surface area contributed by atoms with Crippen molar-refractivity contribution in [2.45, 2.75) is 38.5 Å². The lowest BCUT2D eigenvalue weighted by atomic mass is 9.82. The topological polar surface area (TPSA) is 64.9 Å². The van der Waals surface area contributed by atoms with Crippen molar-refractivity contribution in [1.82, 2.24) is 10.1 Å². The van der Waals surface area contributed by atoms with Crippen molar-refractivity contribution in [3.8, 4) is 10.7 Å². The molecule has 0 aliphatic heterocycles. The first-order valence-electron chi connectivity index (χ1n) is 6.86. The van der Waals surface area contributed by atoms with E-state index in [1.165, 1.54) is 17.7 Å². The average molecular weight is 277 g/mol. The number of nitrogens with zero attached hydrogens (tertiary/aromatic N) is 2. The molecule has 4 nitrogen and oxygen atoms in total. The molecule has 2 aromatic heterocycles. The monoisotopic (exact) mass is 277 g/mol.